The summed E-state index contributed by atoms with van der Waals surface area (Å²) in [5.41, 5.74) is 7.93. The average Bonchev–Trinajstić information content (AvgIpc) is 2.87. The Morgan fingerprint density at radius 2 is 2.05 bits per heavy atom. The Morgan fingerprint density at radius 1 is 1.33 bits per heavy atom. The highest BCUT2D eigenvalue weighted by Crippen LogP contribution is 2.29. The molecule has 6 nitrogen and oxygen atoms in total. The molecule has 116 valence electrons. The van der Waals surface area contributed by atoms with Crippen LogP contribution in [0.5, 0.6) is 0 Å². The quantitative estimate of drug-likeness (QED) is 0.886. The van der Waals surface area contributed by atoms with Crippen LogP contribution in [-0.2, 0) is 6.54 Å². The van der Waals surface area contributed by atoms with Crippen molar-refractivity contribution < 1.29 is 4.79 Å². The largest absolute Gasteiger partial charge is 0.395 e. The van der Waals surface area contributed by atoms with Gasteiger partial charge in [0, 0.05) is 31.7 Å². The van der Waals surface area contributed by atoms with Crippen molar-refractivity contribution in [3.05, 3.63) is 11.4 Å². The van der Waals surface area contributed by atoms with Crippen molar-refractivity contribution in [1.29, 1.82) is 0 Å². The van der Waals surface area contributed by atoms with Gasteiger partial charge < -0.3 is 10.6 Å². The van der Waals surface area contributed by atoms with Crippen LogP contribution in [-0.4, -0.2) is 57.7 Å². The number of likely N-dealkylation sites (N-methyl/N-ethyl adjacent to an activating group) is 1. The number of anilines is 1. The summed E-state index contributed by atoms with van der Waals surface area (Å²) >= 11 is 0. The van der Waals surface area contributed by atoms with Gasteiger partial charge in [-0.3, -0.25) is 14.4 Å². The van der Waals surface area contributed by atoms with Crippen molar-refractivity contribution >= 4 is 11.6 Å². The van der Waals surface area contributed by atoms with Gasteiger partial charge in [0.1, 0.15) is 5.69 Å². The number of aromatic nitrogens is 2. The van der Waals surface area contributed by atoms with Gasteiger partial charge in [-0.05, 0) is 40.2 Å². The fraction of sp³-hybridized carbons (Fsp3) is 0.733. The number of fused-ring (bicyclic) bond motifs is 2. The molecule has 0 spiro atoms. The molecule has 2 saturated heterocycles. The maximum absolute atomic E-state index is 12.9. The summed E-state index contributed by atoms with van der Waals surface area (Å²) in [5.74, 6) is 0.0379. The summed E-state index contributed by atoms with van der Waals surface area (Å²) in [4.78, 5) is 17.3. The number of nitrogen functional groups attached to an aromatic ring is 1. The topological polar surface area (TPSA) is 67.4 Å². The molecule has 21 heavy (non-hydrogen) atoms. The Morgan fingerprint density at radius 3 is 2.76 bits per heavy atom. The molecule has 1 aromatic rings. The molecule has 1 aromatic heterocycles. The van der Waals surface area contributed by atoms with Crippen molar-refractivity contribution in [2.45, 2.75) is 51.7 Å². The van der Waals surface area contributed by atoms with Crippen LogP contribution in [0.15, 0.2) is 0 Å². The maximum Gasteiger partial charge on any atom is 0.274 e. The molecule has 2 N–H and O–H groups in total. The SMILES string of the molecule is CCn1nc(C)c(N)c1C(=O)N1CCC2CCC(C1)N2C. The maximum atomic E-state index is 12.9. The first-order valence-electron chi connectivity index (χ1n) is 7.87. The van der Waals surface area contributed by atoms with E-state index in [1.165, 1.54) is 12.8 Å². The predicted octanol–water partition coefficient (Wildman–Crippen LogP) is 1.10. The third-order valence-corrected chi connectivity index (χ3v) is 5.11. The molecule has 3 rings (SSSR count). The summed E-state index contributed by atoms with van der Waals surface area (Å²) in [5, 5.41) is 4.36. The molecule has 2 aliphatic heterocycles. The van der Waals surface area contributed by atoms with Crippen molar-refractivity contribution in [3.8, 4) is 0 Å². The smallest absolute Gasteiger partial charge is 0.274 e. The van der Waals surface area contributed by atoms with Crippen LogP contribution in [0.3, 0.4) is 0 Å². The van der Waals surface area contributed by atoms with Gasteiger partial charge in [0.25, 0.3) is 5.91 Å². The zero-order chi connectivity index (χ0) is 15.1. The highest BCUT2D eigenvalue weighted by atomic mass is 16.2. The molecular weight excluding hydrogens is 266 g/mol. The van der Waals surface area contributed by atoms with Crippen molar-refractivity contribution in [2.24, 2.45) is 0 Å². The Labute approximate surface area is 125 Å². The van der Waals surface area contributed by atoms with Gasteiger partial charge >= 0.3 is 0 Å². The van der Waals surface area contributed by atoms with Gasteiger partial charge in [-0.2, -0.15) is 5.10 Å². The van der Waals surface area contributed by atoms with Crippen LogP contribution in [0.4, 0.5) is 5.69 Å². The van der Waals surface area contributed by atoms with Crippen LogP contribution in [0, 0.1) is 6.92 Å². The minimum atomic E-state index is 0.0379. The van der Waals surface area contributed by atoms with Gasteiger partial charge in [0.2, 0.25) is 0 Å². The van der Waals surface area contributed by atoms with Gasteiger partial charge in [-0.1, -0.05) is 0 Å². The monoisotopic (exact) mass is 291 g/mol. The molecule has 3 heterocycles. The summed E-state index contributed by atoms with van der Waals surface area (Å²) in [7, 11) is 2.19. The van der Waals surface area contributed by atoms with Crippen molar-refractivity contribution in [1.82, 2.24) is 19.6 Å². The van der Waals surface area contributed by atoms with Crippen LogP contribution in [0.1, 0.15) is 42.4 Å². The lowest BCUT2D eigenvalue weighted by Gasteiger charge is -2.26. The Bertz CT molecular complexity index is 553. The van der Waals surface area contributed by atoms with Gasteiger partial charge in [0.15, 0.2) is 0 Å². The summed E-state index contributed by atoms with van der Waals surface area (Å²) in [6.07, 6.45) is 3.50. The van der Waals surface area contributed by atoms with E-state index < -0.39 is 0 Å². The van der Waals surface area contributed by atoms with E-state index in [-0.39, 0.29) is 5.91 Å². The zero-order valence-corrected chi connectivity index (χ0v) is 13.2. The molecule has 0 aromatic carbocycles. The van der Waals surface area contributed by atoms with Gasteiger partial charge in [-0.15, -0.1) is 0 Å². The fourth-order valence-corrected chi connectivity index (χ4v) is 3.69. The van der Waals surface area contributed by atoms with Crippen LogP contribution < -0.4 is 5.73 Å². The molecule has 2 bridgehead atoms. The number of carbonyl (C=O) groups is 1. The lowest BCUT2D eigenvalue weighted by Crippen LogP contribution is -2.40. The molecule has 0 radical (unpaired) electrons. The number of hydrogen-bond donors (Lipinski definition) is 1. The van der Waals surface area contributed by atoms with E-state index >= 15 is 0 Å². The Balaban J connectivity index is 1.86. The number of amides is 1. The normalized spacial score (nSPS) is 26.1. The number of aryl methyl sites for hydroxylation is 2. The summed E-state index contributed by atoms with van der Waals surface area (Å²) < 4.78 is 1.74. The van der Waals surface area contributed by atoms with Crippen LogP contribution >= 0.6 is 0 Å². The van der Waals surface area contributed by atoms with Crippen LogP contribution in [0.25, 0.3) is 0 Å². The van der Waals surface area contributed by atoms with E-state index in [2.05, 4.69) is 17.0 Å². The molecule has 0 saturated carbocycles. The minimum Gasteiger partial charge on any atom is -0.395 e. The molecule has 2 atom stereocenters. The molecule has 1 amide bonds. The van der Waals surface area contributed by atoms with E-state index in [9.17, 15) is 4.79 Å². The van der Waals surface area contributed by atoms with E-state index in [0.717, 1.165) is 25.2 Å². The molecule has 2 fully saturated rings. The second-order valence-electron chi connectivity index (χ2n) is 6.25. The number of rotatable bonds is 2. The molecular formula is C15H25N5O. The summed E-state index contributed by atoms with van der Waals surface area (Å²) in [6.45, 7) is 6.13. The number of nitrogens with two attached hydrogens (primary N) is 1. The molecule has 0 aliphatic carbocycles. The number of likely N-dealkylation sites (tertiary alicyclic amines) is 1. The van der Waals surface area contributed by atoms with Gasteiger partial charge in [-0.25, -0.2) is 0 Å². The predicted molar refractivity (Wildman–Crippen MR) is 82.1 cm³/mol. The van der Waals surface area contributed by atoms with E-state index in [4.69, 9.17) is 5.73 Å². The lowest BCUT2D eigenvalue weighted by molar-refractivity contribution is 0.0729. The Kier molecular flexibility index (Phi) is 3.65. The zero-order valence-electron chi connectivity index (χ0n) is 13.2. The van der Waals surface area contributed by atoms with Crippen LogP contribution in [0.2, 0.25) is 0 Å². The first-order chi connectivity index (χ1) is 10.0. The van der Waals surface area contributed by atoms with E-state index in [1.807, 2.05) is 18.7 Å². The third kappa shape index (κ3) is 2.31. The number of nitrogens with zero attached hydrogens (tertiary/aromatic N) is 4. The second-order valence-corrected chi connectivity index (χ2v) is 6.25. The highest BCUT2D eigenvalue weighted by molar-refractivity contribution is 5.98. The first kappa shape index (κ1) is 14.4. The fourth-order valence-electron chi connectivity index (χ4n) is 3.69. The van der Waals surface area contributed by atoms with Gasteiger partial charge in [0.05, 0.1) is 11.4 Å². The van der Waals surface area contributed by atoms with Crippen molar-refractivity contribution in [3.63, 3.8) is 0 Å². The summed E-state index contributed by atoms with van der Waals surface area (Å²) in [6, 6.07) is 1.12. The molecule has 6 heteroatoms. The van der Waals surface area contributed by atoms with E-state index in [0.29, 0.717) is 30.0 Å². The van der Waals surface area contributed by atoms with E-state index in [1.54, 1.807) is 4.68 Å². The number of hydrogen-bond acceptors (Lipinski definition) is 4. The lowest BCUT2D eigenvalue weighted by atomic mass is 10.1. The molecule has 2 aliphatic rings. The highest BCUT2D eigenvalue weighted by Gasteiger charge is 2.37. The minimum absolute atomic E-state index is 0.0379. The standard InChI is InChI=1S/C15H25N5O/c1-4-20-14(13(16)10(2)17-20)15(21)19-8-7-11-5-6-12(9-19)18(11)3/h11-12H,4-9,16H2,1-3H3. The Hall–Kier alpha value is -1.56. The van der Waals surface area contributed by atoms with Crippen molar-refractivity contribution in [2.75, 3.05) is 25.9 Å². The average molecular weight is 291 g/mol. The molecule has 2 unspecified atom stereocenters. The first-order valence-corrected chi connectivity index (χ1v) is 7.87. The number of carbonyl (C=O) groups excluding carboxylic acids is 1. The second kappa shape index (κ2) is 5.33. The third-order valence-electron chi connectivity index (χ3n) is 5.11.